The second-order valence-corrected chi connectivity index (χ2v) is 10.3. The van der Waals surface area contributed by atoms with E-state index >= 15 is 0 Å². The van der Waals surface area contributed by atoms with E-state index in [4.69, 9.17) is 0 Å². The van der Waals surface area contributed by atoms with Crippen LogP contribution in [0.3, 0.4) is 0 Å². The quantitative estimate of drug-likeness (QED) is 0.542. The fourth-order valence-electron chi connectivity index (χ4n) is 7.30. The molecule has 3 aliphatic carbocycles. The van der Waals surface area contributed by atoms with Crippen molar-refractivity contribution in [2.75, 3.05) is 19.6 Å². The van der Waals surface area contributed by atoms with Gasteiger partial charge in [-0.2, -0.15) is 0 Å². The summed E-state index contributed by atoms with van der Waals surface area (Å²) >= 11 is 0. The molecule has 176 valence electrons. The van der Waals surface area contributed by atoms with Crippen molar-refractivity contribution >= 4 is 17.6 Å². The molecular weight excluding hydrogens is 423 g/mol. The first-order valence-electron chi connectivity index (χ1n) is 12.1. The van der Waals surface area contributed by atoms with Gasteiger partial charge in [0.05, 0.1) is 12.8 Å². The SMILES string of the molecule is C[C@]12CCC3c4cccc(F)c4CCC3C1[C@H](CCC(=O)N1CCNC(=O)C1)/C(=C/O)C2=O. The number of carbonyl (C=O) groups is 3. The third-order valence-electron chi connectivity index (χ3n) is 8.78. The Bertz CT molecular complexity index is 1040. The highest BCUT2D eigenvalue weighted by Crippen LogP contribution is 2.63. The number of benzene rings is 1. The van der Waals surface area contributed by atoms with Crippen molar-refractivity contribution in [2.24, 2.45) is 23.2 Å². The molecule has 1 heterocycles. The number of hydrogen-bond acceptors (Lipinski definition) is 4. The highest BCUT2D eigenvalue weighted by Gasteiger charge is 2.60. The summed E-state index contributed by atoms with van der Waals surface area (Å²) in [4.78, 5) is 39.5. The van der Waals surface area contributed by atoms with E-state index in [-0.39, 0.29) is 60.1 Å². The molecule has 33 heavy (non-hydrogen) atoms. The van der Waals surface area contributed by atoms with Crippen LogP contribution in [0.2, 0.25) is 0 Å². The van der Waals surface area contributed by atoms with Gasteiger partial charge in [0.15, 0.2) is 5.78 Å². The first kappa shape index (κ1) is 22.1. The lowest BCUT2D eigenvalue weighted by atomic mass is 9.54. The zero-order valence-electron chi connectivity index (χ0n) is 19.0. The van der Waals surface area contributed by atoms with E-state index in [0.29, 0.717) is 37.9 Å². The number of nitrogens with zero attached hydrogens (tertiary/aromatic N) is 1. The topological polar surface area (TPSA) is 86.7 Å². The van der Waals surface area contributed by atoms with Crippen LogP contribution in [0.5, 0.6) is 0 Å². The van der Waals surface area contributed by atoms with Crippen LogP contribution in [0.25, 0.3) is 0 Å². The number of aliphatic hydroxyl groups is 1. The number of fused-ring (bicyclic) bond motifs is 5. The molecule has 2 N–H and O–H groups in total. The van der Waals surface area contributed by atoms with Crippen LogP contribution in [0.1, 0.15) is 56.1 Å². The molecule has 1 aromatic carbocycles. The molecular formula is C26H31FN2O4. The maximum Gasteiger partial charge on any atom is 0.239 e. The summed E-state index contributed by atoms with van der Waals surface area (Å²) in [6, 6.07) is 5.32. The molecule has 3 fully saturated rings. The monoisotopic (exact) mass is 454 g/mol. The number of ketones is 1. The van der Waals surface area contributed by atoms with Crippen molar-refractivity contribution in [1.29, 1.82) is 0 Å². The number of aliphatic hydroxyl groups excluding tert-OH is 1. The highest BCUT2D eigenvalue weighted by atomic mass is 19.1. The number of halogens is 1. The van der Waals surface area contributed by atoms with Gasteiger partial charge < -0.3 is 15.3 Å². The average molecular weight is 455 g/mol. The smallest absolute Gasteiger partial charge is 0.239 e. The molecule has 1 aromatic rings. The van der Waals surface area contributed by atoms with E-state index in [1.165, 1.54) is 6.07 Å². The molecule has 5 atom stereocenters. The van der Waals surface area contributed by atoms with Gasteiger partial charge in [0.1, 0.15) is 5.82 Å². The van der Waals surface area contributed by atoms with E-state index in [1.807, 2.05) is 13.0 Å². The van der Waals surface area contributed by atoms with E-state index in [0.717, 1.165) is 30.2 Å². The summed E-state index contributed by atoms with van der Waals surface area (Å²) in [5.41, 5.74) is 1.73. The van der Waals surface area contributed by atoms with Gasteiger partial charge in [0, 0.05) is 30.5 Å². The van der Waals surface area contributed by atoms with Crippen molar-refractivity contribution in [3.8, 4) is 0 Å². The molecule has 0 aromatic heterocycles. The van der Waals surface area contributed by atoms with Crippen LogP contribution in [-0.4, -0.2) is 47.2 Å². The van der Waals surface area contributed by atoms with Gasteiger partial charge in [-0.25, -0.2) is 4.39 Å². The minimum Gasteiger partial charge on any atom is -0.515 e. The number of amides is 2. The Kier molecular flexibility index (Phi) is 5.53. The molecule has 0 radical (unpaired) electrons. The third-order valence-corrected chi connectivity index (χ3v) is 8.78. The maximum atomic E-state index is 14.5. The van der Waals surface area contributed by atoms with E-state index < -0.39 is 5.41 Å². The van der Waals surface area contributed by atoms with Gasteiger partial charge >= 0.3 is 0 Å². The summed E-state index contributed by atoms with van der Waals surface area (Å²) < 4.78 is 14.5. The zero-order valence-corrected chi connectivity index (χ0v) is 19.0. The van der Waals surface area contributed by atoms with Crippen molar-refractivity contribution in [2.45, 2.75) is 51.4 Å². The molecule has 5 rings (SSSR count). The fraction of sp³-hybridized carbons (Fsp3) is 0.577. The van der Waals surface area contributed by atoms with E-state index in [1.54, 1.807) is 11.0 Å². The fourth-order valence-corrected chi connectivity index (χ4v) is 7.30. The number of hydrogen-bond donors (Lipinski definition) is 2. The summed E-state index contributed by atoms with van der Waals surface area (Å²) in [5, 5.41) is 12.8. The number of carbonyl (C=O) groups excluding carboxylic acids is 3. The Balaban J connectivity index is 1.42. The summed E-state index contributed by atoms with van der Waals surface area (Å²) in [6.45, 7) is 3.02. The molecule has 7 heteroatoms. The summed E-state index contributed by atoms with van der Waals surface area (Å²) in [5.74, 6) is -0.200. The Labute approximate surface area is 193 Å². The Hall–Kier alpha value is -2.70. The molecule has 3 unspecified atom stereocenters. The van der Waals surface area contributed by atoms with Crippen molar-refractivity contribution in [3.05, 3.63) is 47.0 Å². The van der Waals surface area contributed by atoms with Crippen molar-refractivity contribution < 1.29 is 23.9 Å². The molecule has 1 saturated heterocycles. The van der Waals surface area contributed by atoms with Gasteiger partial charge in [0.2, 0.25) is 11.8 Å². The highest BCUT2D eigenvalue weighted by molar-refractivity contribution is 6.03. The molecule has 1 aliphatic heterocycles. The number of piperazine rings is 1. The first-order valence-corrected chi connectivity index (χ1v) is 12.1. The zero-order chi connectivity index (χ0) is 23.3. The van der Waals surface area contributed by atoms with Crippen LogP contribution in [-0.2, 0) is 20.8 Å². The molecule has 6 nitrogen and oxygen atoms in total. The Morgan fingerprint density at radius 1 is 1.33 bits per heavy atom. The number of Topliss-reactive ketones (excluding diaryl/α,β-unsaturated/α-hetero) is 1. The normalized spacial score (nSPS) is 34.5. The van der Waals surface area contributed by atoms with Crippen LogP contribution < -0.4 is 5.32 Å². The lowest BCUT2D eigenvalue weighted by Gasteiger charge is -2.49. The average Bonchev–Trinajstić information content (AvgIpc) is 3.03. The van der Waals surface area contributed by atoms with Crippen LogP contribution in [0, 0.1) is 29.0 Å². The maximum absolute atomic E-state index is 14.5. The lowest BCUT2D eigenvalue weighted by molar-refractivity contribution is -0.138. The molecule has 2 saturated carbocycles. The Morgan fingerprint density at radius 2 is 2.15 bits per heavy atom. The summed E-state index contributed by atoms with van der Waals surface area (Å²) in [7, 11) is 0. The van der Waals surface area contributed by atoms with Crippen LogP contribution in [0.4, 0.5) is 4.39 Å². The van der Waals surface area contributed by atoms with E-state index in [9.17, 15) is 23.9 Å². The second kappa shape index (κ2) is 8.26. The molecule has 2 amide bonds. The van der Waals surface area contributed by atoms with Gasteiger partial charge in [-0.3, -0.25) is 14.4 Å². The minimum atomic E-state index is -0.570. The third kappa shape index (κ3) is 3.47. The van der Waals surface area contributed by atoms with Crippen LogP contribution >= 0.6 is 0 Å². The molecule has 0 bridgehead atoms. The van der Waals surface area contributed by atoms with E-state index in [2.05, 4.69) is 5.32 Å². The Morgan fingerprint density at radius 3 is 2.91 bits per heavy atom. The predicted octanol–water partition coefficient (Wildman–Crippen LogP) is 3.27. The minimum absolute atomic E-state index is 0.00621. The second-order valence-electron chi connectivity index (χ2n) is 10.3. The van der Waals surface area contributed by atoms with Gasteiger partial charge in [-0.15, -0.1) is 0 Å². The molecule has 4 aliphatic rings. The van der Waals surface area contributed by atoms with Crippen molar-refractivity contribution in [3.63, 3.8) is 0 Å². The first-order chi connectivity index (χ1) is 15.8. The van der Waals surface area contributed by atoms with Gasteiger partial charge in [0.25, 0.3) is 0 Å². The summed E-state index contributed by atoms with van der Waals surface area (Å²) in [6.07, 6.45) is 4.64. The van der Waals surface area contributed by atoms with Gasteiger partial charge in [-0.05, 0) is 73.0 Å². The predicted molar refractivity (Wildman–Crippen MR) is 120 cm³/mol. The van der Waals surface area contributed by atoms with Crippen molar-refractivity contribution in [1.82, 2.24) is 10.2 Å². The molecule has 0 spiro atoms. The lowest BCUT2D eigenvalue weighted by Crippen LogP contribution is -2.50. The standard InChI is InChI=1S/C26H31FN2O4/c1-26-10-9-16-15-3-2-4-21(27)17(15)5-6-18(16)24(26)19(20(14-30)25(26)33)7-8-23(32)29-12-11-28-22(31)13-29/h2-4,14,16,18-19,24,30H,5-13H2,1H3,(H,28,31)/b20-14-/t16?,18?,19-,24?,26+/m1/s1. The number of nitrogens with one attached hydrogen (secondary N) is 1. The number of rotatable bonds is 3. The van der Waals surface area contributed by atoms with Gasteiger partial charge in [-0.1, -0.05) is 19.1 Å². The van der Waals surface area contributed by atoms with Crippen LogP contribution in [0.15, 0.2) is 30.0 Å². The largest absolute Gasteiger partial charge is 0.515 e. The number of allylic oxidation sites excluding steroid dienone is 1.